The summed E-state index contributed by atoms with van der Waals surface area (Å²) in [6, 6.07) is 5.88. The van der Waals surface area contributed by atoms with Gasteiger partial charge in [0.15, 0.2) is 6.61 Å². The van der Waals surface area contributed by atoms with E-state index >= 15 is 0 Å². The number of nitrogens with zero attached hydrogens (tertiary/aromatic N) is 1. The number of hydrogen-bond donors (Lipinski definition) is 0. The summed E-state index contributed by atoms with van der Waals surface area (Å²) in [6.07, 6.45) is 1.03. The van der Waals surface area contributed by atoms with Crippen LogP contribution in [0.4, 0.5) is 0 Å². The molecule has 150 valence electrons. The van der Waals surface area contributed by atoms with E-state index in [4.69, 9.17) is 21.1 Å². The topological polar surface area (TPSA) is 90.0 Å². The summed E-state index contributed by atoms with van der Waals surface area (Å²) in [7, 11) is -3.73. The third kappa shape index (κ3) is 6.19. The lowest BCUT2D eigenvalue weighted by Gasteiger charge is -2.30. The number of rotatable bonds is 5. The lowest BCUT2D eigenvalue weighted by Crippen LogP contribution is -2.43. The van der Waals surface area contributed by atoms with Gasteiger partial charge in [-0.3, -0.25) is 4.79 Å². The number of carbonyl (C=O) groups is 2. The van der Waals surface area contributed by atoms with Gasteiger partial charge in [0.05, 0.1) is 10.8 Å². The molecule has 1 saturated heterocycles. The van der Waals surface area contributed by atoms with Crippen molar-refractivity contribution in [2.75, 3.05) is 19.7 Å². The summed E-state index contributed by atoms with van der Waals surface area (Å²) in [5.41, 5.74) is -0.669. The summed E-state index contributed by atoms with van der Waals surface area (Å²) in [5, 5.41) is 0.441. The van der Waals surface area contributed by atoms with Crippen LogP contribution in [0, 0.1) is 5.92 Å². The van der Waals surface area contributed by atoms with Gasteiger partial charge in [-0.2, -0.15) is 4.31 Å². The highest BCUT2D eigenvalue weighted by molar-refractivity contribution is 7.89. The number of halogens is 1. The molecule has 1 aromatic rings. The zero-order valence-electron chi connectivity index (χ0n) is 15.6. The predicted octanol–water partition coefficient (Wildman–Crippen LogP) is 2.63. The highest BCUT2D eigenvalue weighted by Gasteiger charge is 2.34. The molecule has 2 rings (SSSR count). The Bertz CT molecular complexity index is 785. The van der Waals surface area contributed by atoms with Crippen LogP contribution in [-0.2, 0) is 29.1 Å². The highest BCUT2D eigenvalue weighted by Crippen LogP contribution is 2.25. The van der Waals surface area contributed by atoms with Crippen LogP contribution >= 0.6 is 11.6 Å². The molecule has 0 bridgehead atoms. The molecule has 0 amide bonds. The molecule has 0 aromatic heterocycles. The van der Waals surface area contributed by atoms with E-state index in [2.05, 4.69) is 0 Å². The fourth-order valence-electron chi connectivity index (χ4n) is 2.73. The Hall–Kier alpha value is -1.64. The number of carbonyl (C=O) groups excluding carboxylic acids is 2. The molecule has 0 N–H and O–H groups in total. The largest absolute Gasteiger partial charge is 0.457 e. The van der Waals surface area contributed by atoms with Gasteiger partial charge >= 0.3 is 11.9 Å². The Labute approximate surface area is 164 Å². The molecule has 0 saturated carbocycles. The van der Waals surface area contributed by atoms with E-state index in [1.54, 1.807) is 20.8 Å². The summed E-state index contributed by atoms with van der Waals surface area (Å²) < 4.78 is 36.9. The van der Waals surface area contributed by atoms with E-state index in [0.717, 1.165) is 0 Å². The number of esters is 2. The van der Waals surface area contributed by atoms with Crippen molar-refractivity contribution < 1.29 is 27.5 Å². The van der Waals surface area contributed by atoms with Crippen LogP contribution in [-0.4, -0.2) is 50.0 Å². The van der Waals surface area contributed by atoms with Crippen LogP contribution in [0.5, 0.6) is 0 Å². The average molecular weight is 418 g/mol. The predicted molar refractivity (Wildman–Crippen MR) is 99.7 cm³/mol. The third-order valence-electron chi connectivity index (χ3n) is 3.92. The lowest BCUT2D eigenvalue weighted by atomic mass is 10.0. The normalized spacial score (nSPS) is 18.7. The van der Waals surface area contributed by atoms with Gasteiger partial charge in [0, 0.05) is 18.1 Å². The minimum atomic E-state index is -3.73. The van der Waals surface area contributed by atoms with Crippen molar-refractivity contribution in [1.82, 2.24) is 4.31 Å². The van der Waals surface area contributed by atoms with Crippen LogP contribution in [0.15, 0.2) is 29.2 Å². The van der Waals surface area contributed by atoms with Crippen molar-refractivity contribution in [3.8, 4) is 0 Å². The second kappa shape index (κ2) is 8.58. The van der Waals surface area contributed by atoms with Gasteiger partial charge < -0.3 is 9.47 Å². The number of ether oxygens (including phenoxy) is 2. The first-order valence-corrected chi connectivity index (χ1v) is 10.4. The zero-order chi connectivity index (χ0) is 20.2. The molecule has 1 heterocycles. The molecule has 0 spiro atoms. The maximum absolute atomic E-state index is 12.7. The van der Waals surface area contributed by atoms with Gasteiger partial charge in [-0.05, 0) is 57.9 Å². The fourth-order valence-corrected chi connectivity index (χ4v) is 4.38. The van der Waals surface area contributed by atoms with E-state index in [-0.39, 0.29) is 11.4 Å². The van der Waals surface area contributed by atoms with Crippen molar-refractivity contribution in [2.45, 2.75) is 44.1 Å². The molecule has 27 heavy (non-hydrogen) atoms. The SMILES string of the molecule is CC(C)(C)OC(=O)COC(=O)C1CCCN(S(=O)(=O)c2ccc(Cl)cc2)C1. The maximum atomic E-state index is 12.7. The van der Waals surface area contributed by atoms with Crippen LogP contribution in [0.1, 0.15) is 33.6 Å². The molecule has 0 aliphatic carbocycles. The summed E-state index contributed by atoms with van der Waals surface area (Å²) >= 11 is 5.81. The van der Waals surface area contributed by atoms with Crippen molar-refractivity contribution in [1.29, 1.82) is 0 Å². The number of piperidine rings is 1. The van der Waals surface area contributed by atoms with Crippen LogP contribution in [0.25, 0.3) is 0 Å². The van der Waals surface area contributed by atoms with Crippen molar-refractivity contribution in [2.24, 2.45) is 5.92 Å². The van der Waals surface area contributed by atoms with E-state index in [1.165, 1.54) is 28.6 Å². The molecule has 1 atom stereocenters. The lowest BCUT2D eigenvalue weighted by molar-refractivity contribution is -0.168. The highest BCUT2D eigenvalue weighted by atomic mass is 35.5. The summed E-state index contributed by atoms with van der Waals surface area (Å²) in [4.78, 5) is 24.0. The molecule has 1 unspecified atom stereocenters. The molecule has 7 nitrogen and oxygen atoms in total. The number of sulfonamides is 1. The molecule has 1 aromatic carbocycles. The molecule has 0 radical (unpaired) electrons. The Balaban J connectivity index is 1.97. The van der Waals surface area contributed by atoms with Crippen LogP contribution < -0.4 is 0 Å². The molecule has 1 aliphatic heterocycles. The first-order valence-electron chi connectivity index (χ1n) is 8.63. The van der Waals surface area contributed by atoms with Crippen molar-refractivity contribution in [3.63, 3.8) is 0 Å². The Morgan fingerprint density at radius 2 is 1.85 bits per heavy atom. The molecule has 9 heteroatoms. The van der Waals surface area contributed by atoms with E-state index < -0.39 is 40.1 Å². The quantitative estimate of drug-likeness (QED) is 0.684. The monoisotopic (exact) mass is 417 g/mol. The Kier molecular flexibility index (Phi) is 6.88. The van der Waals surface area contributed by atoms with Crippen LogP contribution in [0.2, 0.25) is 5.02 Å². The first-order chi connectivity index (χ1) is 12.5. The van der Waals surface area contributed by atoms with Gasteiger partial charge in [-0.1, -0.05) is 11.6 Å². The van der Waals surface area contributed by atoms with Gasteiger partial charge in [-0.15, -0.1) is 0 Å². The third-order valence-corrected chi connectivity index (χ3v) is 6.05. The number of benzene rings is 1. The zero-order valence-corrected chi connectivity index (χ0v) is 17.2. The summed E-state index contributed by atoms with van der Waals surface area (Å²) in [6.45, 7) is 4.99. The summed E-state index contributed by atoms with van der Waals surface area (Å²) in [5.74, 6) is -1.86. The molecular weight excluding hydrogens is 394 g/mol. The number of hydrogen-bond acceptors (Lipinski definition) is 6. The Morgan fingerprint density at radius 3 is 2.44 bits per heavy atom. The van der Waals surface area contributed by atoms with Crippen molar-refractivity contribution >= 4 is 33.6 Å². The van der Waals surface area contributed by atoms with Crippen LogP contribution in [0.3, 0.4) is 0 Å². The van der Waals surface area contributed by atoms with Gasteiger partial charge in [0.2, 0.25) is 10.0 Å². The fraction of sp³-hybridized carbons (Fsp3) is 0.556. The first kappa shape index (κ1) is 21.7. The minimum absolute atomic E-state index is 0.0120. The molecule has 1 fully saturated rings. The van der Waals surface area contributed by atoms with Gasteiger partial charge in [0.1, 0.15) is 5.60 Å². The van der Waals surface area contributed by atoms with E-state index in [9.17, 15) is 18.0 Å². The standard InChI is InChI=1S/C18H24ClNO6S/c1-18(2,3)26-16(21)12-25-17(22)13-5-4-10-20(11-13)27(23,24)15-8-6-14(19)7-9-15/h6-9,13H,4-5,10-12H2,1-3H3. The second-order valence-corrected chi connectivity index (χ2v) is 9.72. The van der Waals surface area contributed by atoms with E-state index in [1.807, 2.05) is 0 Å². The van der Waals surface area contributed by atoms with Gasteiger partial charge in [0.25, 0.3) is 0 Å². The smallest absolute Gasteiger partial charge is 0.344 e. The van der Waals surface area contributed by atoms with E-state index in [0.29, 0.717) is 24.4 Å². The second-order valence-electron chi connectivity index (χ2n) is 7.35. The molecule has 1 aliphatic rings. The molecular formula is C18H24ClNO6S. The minimum Gasteiger partial charge on any atom is -0.457 e. The van der Waals surface area contributed by atoms with Gasteiger partial charge in [-0.25, -0.2) is 13.2 Å². The maximum Gasteiger partial charge on any atom is 0.344 e. The average Bonchev–Trinajstić information content (AvgIpc) is 2.58. The van der Waals surface area contributed by atoms with Crippen molar-refractivity contribution in [3.05, 3.63) is 29.3 Å². The Morgan fingerprint density at radius 1 is 1.22 bits per heavy atom.